The van der Waals surface area contributed by atoms with Gasteiger partial charge in [0.25, 0.3) is 0 Å². The maximum atomic E-state index is 13.0. The molecule has 0 saturated carbocycles. The standard InChI is InChI=1S/C22H23FN2O/c23-19-4-6-20(7-5-19)26-21-9-11-25(12-10-21)15-18-3-2-17-13-16(14-24)1-8-22(17)18/h1,4-8,13,18,21H,2-3,9-12,15H2. The van der Waals surface area contributed by atoms with Gasteiger partial charge in [0.05, 0.1) is 11.6 Å². The lowest BCUT2D eigenvalue weighted by Gasteiger charge is -2.33. The monoisotopic (exact) mass is 350 g/mol. The Morgan fingerprint density at radius 2 is 1.85 bits per heavy atom. The Bertz CT molecular complexity index is 804. The molecular formula is C22H23FN2O. The van der Waals surface area contributed by atoms with Crippen LogP contribution in [0.15, 0.2) is 42.5 Å². The minimum Gasteiger partial charge on any atom is -0.490 e. The van der Waals surface area contributed by atoms with Crippen LogP contribution in [0.4, 0.5) is 4.39 Å². The summed E-state index contributed by atoms with van der Waals surface area (Å²) in [6, 6.07) is 14.7. The summed E-state index contributed by atoms with van der Waals surface area (Å²) in [7, 11) is 0. The number of nitriles is 1. The van der Waals surface area contributed by atoms with E-state index in [0.29, 0.717) is 5.92 Å². The van der Waals surface area contributed by atoms with Gasteiger partial charge in [-0.25, -0.2) is 4.39 Å². The Balaban J connectivity index is 1.30. The van der Waals surface area contributed by atoms with Gasteiger partial charge in [-0.2, -0.15) is 5.26 Å². The van der Waals surface area contributed by atoms with Gasteiger partial charge in [-0.05, 0) is 79.1 Å². The van der Waals surface area contributed by atoms with E-state index in [0.717, 1.165) is 50.2 Å². The summed E-state index contributed by atoms with van der Waals surface area (Å²) in [6.07, 6.45) is 4.48. The molecule has 26 heavy (non-hydrogen) atoms. The fraction of sp³-hybridized carbons (Fsp3) is 0.409. The van der Waals surface area contributed by atoms with Gasteiger partial charge < -0.3 is 9.64 Å². The molecule has 0 aromatic heterocycles. The molecule has 0 bridgehead atoms. The number of hydrogen-bond donors (Lipinski definition) is 0. The van der Waals surface area contributed by atoms with E-state index in [9.17, 15) is 4.39 Å². The molecule has 1 unspecified atom stereocenters. The predicted octanol–water partition coefficient (Wildman–Crippen LogP) is 4.27. The van der Waals surface area contributed by atoms with Crippen molar-refractivity contribution in [2.45, 2.75) is 37.7 Å². The van der Waals surface area contributed by atoms with Gasteiger partial charge in [0.15, 0.2) is 0 Å². The van der Waals surface area contributed by atoms with E-state index in [1.54, 1.807) is 12.1 Å². The first kappa shape index (κ1) is 17.1. The number of nitrogens with zero attached hydrogens (tertiary/aromatic N) is 2. The van der Waals surface area contributed by atoms with Crippen molar-refractivity contribution in [2.75, 3.05) is 19.6 Å². The summed E-state index contributed by atoms with van der Waals surface area (Å²) in [5, 5.41) is 9.05. The summed E-state index contributed by atoms with van der Waals surface area (Å²) in [4.78, 5) is 2.53. The number of ether oxygens (including phenoxy) is 1. The zero-order valence-electron chi connectivity index (χ0n) is 14.8. The van der Waals surface area contributed by atoms with Crippen molar-refractivity contribution in [3.05, 3.63) is 65.0 Å². The van der Waals surface area contributed by atoms with Crippen LogP contribution in [-0.4, -0.2) is 30.6 Å². The van der Waals surface area contributed by atoms with Gasteiger partial charge in [0, 0.05) is 19.6 Å². The highest BCUT2D eigenvalue weighted by atomic mass is 19.1. The van der Waals surface area contributed by atoms with Crippen LogP contribution >= 0.6 is 0 Å². The fourth-order valence-electron chi connectivity index (χ4n) is 4.19. The second kappa shape index (κ2) is 7.47. The number of likely N-dealkylation sites (tertiary alicyclic amines) is 1. The summed E-state index contributed by atoms with van der Waals surface area (Å²) < 4.78 is 19.0. The number of benzene rings is 2. The number of hydrogen-bond acceptors (Lipinski definition) is 3. The maximum Gasteiger partial charge on any atom is 0.123 e. The van der Waals surface area contributed by atoms with Gasteiger partial charge in [-0.3, -0.25) is 0 Å². The lowest BCUT2D eigenvalue weighted by atomic mass is 9.98. The third kappa shape index (κ3) is 3.73. The summed E-state index contributed by atoms with van der Waals surface area (Å²) >= 11 is 0. The van der Waals surface area contributed by atoms with Crippen LogP contribution in [0.1, 0.15) is 41.9 Å². The zero-order chi connectivity index (χ0) is 17.9. The molecule has 4 heteroatoms. The highest BCUT2D eigenvalue weighted by Gasteiger charge is 2.27. The number of fused-ring (bicyclic) bond motifs is 1. The van der Waals surface area contributed by atoms with Crippen molar-refractivity contribution < 1.29 is 9.13 Å². The van der Waals surface area contributed by atoms with Crippen molar-refractivity contribution in [1.82, 2.24) is 4.90 Å². The molecule has 1 aliphatic heterocycles. The van der Waals surface area contributed by atoms with Crippen molar-refractivity contribution in [2.24, 2.45) is 0 Å². The fourth-order valence-corrected chi connectivity index (χ4v) is 4.19. The zero-order valence-corrected chi connectivity index (χ0v) is 14.8. The molecule has 1 aliphatic carbocycles. The molecule has 0 radical (unpaired) electrons. The second-order valence-electron chi connectivity index (χ2n) is 7.33. The third-order valence-corrected chi connectivity index (χ3v) is 5.60. The minimum atomic E-state index is -0.231. The van der Waals surface area contributed by atoms with Gasteiger partial charge >= 0.3 is 0 Å². The smallest absolute Gasteiger partial charge is 0.123 e. The molecule has 1 saturated heterocycles. The van der Waals surface area contributed by atoms with Crippen LogP contribution in [0, 0.1) is 17.1 Å². The van der Waals surface area contributed by atoms with E-state index >= 15 is 0 Å². The van der Waals surface area contributed by atoms with Crippen LogP contribution in [0.2, 0.25) is 0 Å². The third-order valence-electron chi connectivity index (χ3n) is 5.60. The van der Waals surface area contributed by atoms with Crippen molar-refractivity contribution in [3.63, 3.8) is 0 Å². The molecule has 2 aliphatic rings. The molecule has 0 spiro atoms. The second-order valence-corrected chi connectivity index (χ2v) is 7.33. The summed E-state index contributed by atoms with van der Waals surface area (Å²) in [5.74, 6) is 1.10. The Hall–Kier alpha value is -2.38. The first-order valence-corrected chi connectivity index (χ1v) is 9.39. The lowest BCUT2D eigenvalue weighted by Crippen LogP contribution is -2.40. The van der Waals surface area contributed by atoms with Crippen LogP contribution in [0.3, 0.4) is 0 Å². The topological polar surface area (TPSA) is 36.3 Å². The van der Waals surface area contributed by atoms with Gasteiger partial charge in [0.2, 0.25) is 0 Å². The first-order valence-electron chi connectivity index (χ1n) is 9.39. The molecular weight excluding hydrogens is 327 g/mol. The highest BCUT2D eigenvalue weighted by molar-refractivity contribution is 5.42. The van der Waals surface area contributed by atoms with Crippen LogP contribution in [0.5, 0.6) is 5.75 Å². The predicted molar refractivity (Wildman–Crippen MR) is 98.7 cm³/mol. The summed E-state index contributed by atoms with van der Waals surface area (Å²) in [5.41, 5.74) is 3.54. The molecule has 2 aromatic rings. The molecule has 4 rings (SSSR count). The lowest BCUT2D eigenvalue weighted by molar-refractivity contribution is 0.0969. The van der Waals surface area contributed by atoms with E-state index < -0.39 is 0 Å². The number of aryl methyl sites for hydroxylation is 1. The quantitative estimate of drug-likeness (QED) is 0.826. The van der Waals surface area contributed by atoms with E-state index in [4.69, 9.17) is 10.00 Å². The molecule has 1 fully saturated rings. The molecule has 134 valence electrons. The Morgan fingerprint density at radius 3 is 2.58 bits per heavy atom. The van der Waals surface area contributed by atoms with Crippen molar-refractivity contribution in [3.8, 4) is 11.8 Å². The van der Waals surface area contributed by atoms with E-state index in [1.807, 2.05) is 6.07 Å². The molecule has 3 nitrogen and oxygen atoms in total. The Labute approximate surface area is 154 Å². The Morgan fingerprint density at radius 1 is 1.08 bits per heavy atom. The summed E-state index contributed by atoms with van der Waals surface area (Å²) in [6.45, 7) is 3.16. The number of rotatable bonds is 4. The van der Waals surface area contributed by atoms with Gasteiger partial charge in [0.1, 0.15) is 17.7 Å². The highest BCUT2D eigenvalue weighted by Crippen LogP contribution is 2.34. The molecule has 1 heterocycles. The largest absolute Gasteiger partial charge is 0.490 e. The van der Waals surface area contributed by atoms with Crippen molar-refractivity contribution in [1.29, 1.82) is 5.26 Å². The maximum absolute atomic E-state index is 13.0. The number of halogens is 1. The molecule has 1 atom stereocenters. The van der Waals surface area contributed by atoms with E-state index in [-0.39, 0.29) is 11.9 Å². The first-order chi connectivity index (χ1) is 12.7. The Kier molecular flexibility index (Phi) is 4.90. The van der Waals surface area contributed by atoms with Gasteiger partial charge in [-0.1, -0.05) is 6.07 Å². The normalized spacial score (nSPS) is 20.5. The van der Waals surface area contributed by atoms with E-state index in [1.165, 1.54) is 29.7 Å². The molecule has 2 aromatic carbocycles. The minimum absolute atomic E-state index is 0.214. The average molecular weight is 350 g/mol. The van der Waals surface area contributed by atoms with Crippen LogP contribution in [-0.2, 0) is 6.42 Å². The SMILES string of the molecule is N#Cc1ccc2c(c1)CCC2CN1CCC(Oc2ccc(F)cc2)CC1. The van der Waals surface area contributed by atoms with Gasteiger partial charge in [-0.15, -0.1) is 0 Å². The molecule has 0 amide bonds. The van der Waals surface area contributed by atoms with Crippen LogP contribution in [0.25, 0.3) is 0 Å². The van der Waals surface area contributed by atoms with Crippen molar-refractivity contribution >= 4 is 0 Å². The number of piperidine rings is 1. The molecule has 0 N–H and O–H groups in total. The van der Waals surface area contributed by atoms with Crippen LogP contribution < -0.4 is 4.74 Å². The van der Waals surface area contributed by atoms with E-state index in [2.05, 4.69) is 23.1 Å². The average Bonchev–Trinajstić information content (AvgIpc) is 3.07.